The number of aliphatic carboxylic acids is 1. The number of carboxylic acid groups (broad SMARTS) is 1. The number of esters is 1. The number of carboxylic acids is 1. The van der Waals surface area contributed by atoms with E-state index < -0.39 is 137 Å². The van der Waals surface area contributed by atoms with Gasteiger partial charge in [-0.05, 0) is 138 Å². The van der Waals surface area contributed by atoms with Crippen LogP contribution in [-0.2, 0) is 43.0 Å². The van der Waals surface area contributed by atoms with Crippen LogP contribution in [0.2, 0.25) is 10.0 Å². The van der Waals surface area contributed by atoms with Gasteiger partial charge in [-0.15, -0.1) is 35.8 Å². The van der Waals surface area contributed by atoms with E-state index in [1.54, 1.807) is 63.2 Å². The lowest BCUT2D eigenvalue weighted by atomic mass is 9.85. The number of nitrogens with one attached hydrogen (secondary N) is 6. The Labute approximate surface area is 809 Å². The Morgan fingerprint density at radius 3 is 1.23 bits per heavy atom. The van der Waals surface area contributed by atoms with E-state index >= 15 is 0 Å². The van der Waals surface area contributed by atoms with Crippen LogP contribution in [0.25, 0.3) is 44.6 Å². The molecule has 2 aromatic carbocycles. The van der Waals surface area contributed by atoms with Crippen molar-refractivity contribution in [3.63, 3.8) is 0 Å². The van der Waals surface area contributed by atoms with Crippen molar-refractivity contribution in [3.05, 3.63) is 82.5 Å². The standard InChI is InChI=1S/C48H62ClF3N8O8S.C47H60ClF3N8O8S/c1-8-29-22-47(29,43(63)65-7)57-41(61)35-20-31(23-60(35)42(62)40(46(4,5)6)56-45(64)68-30-18-27-17-28(27)19-30)67-37-21-33(34-24-69-44(55-34)53-26(2)3)54-39-32(37)9-10-36(38(39)49)66-16-15-58-11-13-59(14-12-58)25-48(50,51)52;1-7-28-21-46(28,42(62)63)56-40(60)34-19-30(22-59(34)41(61)39(45(4,5)6)55-44(64)67-29-17-26-16-27(26)18-29)66-36-20-32(33-23-68-43(54-33)52-25(2)3)53-38-31(36)8-9-35(37(38)48)65-15-14-57-10-12-58(13-11-57)24-47(49,50)51/h8-10,21,24,26-31,35,40H,1,11-20,22-23,25H2,2-7H3,(H,53,55)(H,56,64)(H,57,61);7-9,20,23,25-30,34,39H,1,10-19,21-22,24H2,2-6H3,(H,52,54)(H,55,64)(H,56,60)(H,62,63)/t27-,28+,29-,30?,31-,35+,40-,47?;26-,27+,28-,29?,30-,34+,39-,46?/m11/s1. The van der Waals surface area contributed by atoms with Crippen LogP contribution in [0.3, 0.4) is 0 Å². The summed E-state index contributed by atoms with van der Waals surface area (Å²) in [7, 11) is 1.25. The number of nitrogens with zero attached hydrogens (tertiary/aromatic N) is 10. The molecule has 42 heteroatoms. The molecule has 10 fully saturated rings. The zero-order valence-corrected chi connectivity index (χ0v) is 81.8. The van der Waals surface area contributed by atoms with Gasteiger partial charge in [0.05, 0.1) is 55.7 Å². The molecule has 7 N–H and O–H groups in total. The average molecular weight is 1990 g/mol. The maximum absolute atomic E-state index is 14.9. The van der Waals surface area contributed by atoms with Crippen molar-refractivity contribution >= 4 is 126 Å². The van der Waals surface area contributed by atoms with Gasteiger partial charge >= 0.3 is 36.5 Å². The van der Waals surface area contributed by atoms with Crippen molar-refractivity contribution in [3.8, 4) is 45.8 Å². The van der Waals surface area contributed by atoms with Crippen molar-refractivity contribution in [1.29, 1.82) is 0 Å². The summed E-state index contributed by atoms with van der Waals surface area (Å²) < 4.78 is 120. The second kappa shape index (κ2) is 41.1. The second-order valence-electron chi connectivity index (χ2n) is 40.6. The molecule has 137 heavy (non-hydrogen) atoms. The molecular weight excluding hydrogens is 1870 g/mol. The van der Waals surface area contributed by atoms with Gasteiger partial charge in [0.1, 0.15) is 117 Å². The Hall–Kier alpha value is -9.84. The van der Waals surface area contributed by atoms with Crippen molar-refractivity contribution in [1.82, 2.24) is 70.6 Å². The maximum atomic E-state index is 14.9. The first-order valence-electron chi connectivity index (χ1n) is 46.8. The third-order valence-corrected chi connectivity index (χ3v) is 29.6. The van der Waals surface area contributed by atoms with Crippen LogP contribution in [0.1, 0.15) is 133 Å². The van der Waals surface area contributed by atoms with Gasteiger partial charge in [-0.2, -0.15) is 26.3 Å². The van der Waals surface area contributed by atoms with Crippen molar-refractivity contribution < 1.29 is 103 Å². The molecule has 32 nitrogen and oxygen atoms in total. The van der Waals surface area contributed by atoms with Gasteiger partial charge in [-0.1, -0.05) is 76.9 Å². The van der Waals surface area contributed by atoms with E-state index in [1.165, 1.54) is 55.5 Å². The van der Waals surface area contributed by atoms with Gasteiger partial charge in [-0.25, -0.2) is 39.1 Å². The quantitative estimate of drug-likeness (QED) is 0.00854. The van der Waals surface area contributed by atoms with Crippen LogP contribution in [0, 0.1) is 46.3 Å². The number of likely N-dealkylation sites (tertiary alicyclic amines) is 2. The van der Waals surface area contributed by atoms with E-state index in [0.29, 0.717) is 154 Å². The molecule has 4 unspecified atom stereocenters. The van der Waals surface area contributed by atoms with E-state index in [9.17, 15) is 69.8 Å². The highest BCUT2D eigenvalue weighted by molar-refractivity contribution is 7.14. The fraction of sp³-hybridized carbons (Fsp3) is 0.621. The number of methoxy groups -OCH3 is 1. The van der Waals surface area contributed by atoms with Gasteiger partial charge in [0.2, 0.25) is 23.6 Å². The summed E-state index contributed by atoms with van der Waals surface area (Å²) in [6.45, 7) is 28.7. The molecule has 4 saturated heterocycles. The number of pyridine rings is 2. The summed E-state index contributed by atoms with van der Waals surface area (Å²) in [6.07, 6.45) is -3.03. The zero-order valence-electron chi connectivity index (χ0n) is 78.7. The number of fused-ring (bicyclic) bond motifs is 4. The highest BCUT2D eigenvalue weighted by atomic mass is 35.5. The number of anilines is 2. The van der Waals surface area contributed by atoms with E-state index in [1.807, 2.05) is 69.0 Å². The largest absolute Gasteiger partial charge is 0.491 e. The Kier molecular flexibility index (Phi) is 30.5. The minimum atomic E-state index is -4.25. The Morgan fingerprint density at radius 1 is 0.518 bits per heavy atom. The van der Waals surface area contributed by atoms with E-state index in [-0.39, 0.29) is 105 Å². The topological polar surface area (TPSA) is 365 Å². The average Bonchev–Trinajstić information content (AvgIpc) is 1.58. The summed E-state index contributed by atoms with van der Waals surface area (Å²) >= 11 is 17.0. The minimum absolute atomic E-state index is 0.0114. The number of hydrogen-bond acceptors (Lipinski definition) is 27. The SMILES string of the molecule is C=C[C@@H]1CC1(NC(=O)[C@@H]1C[C@@H](Oc2cc(-c3csc(NC(C)C)n3)nc3c(Cl)c(OCCN4CCN(CC(F)(F)F)CC4)ccc23)CN1C(=O)[C@@H](NC(=O)OC1C[C@@H]2C[C@@H]2C1)C(C)(C)C)C(=O)O.C=C[C@@H]1CC1(NC(=O)[C@@H]1C[C@@H](Oc2cc(-c3csc(NC(C)C)n3)nc3c(Cl)c(OCCN4CCN(CC(F)(F)F)CC4)ccc23)CN1C(=O)[C@@H](NC(=O)OC1C[C@@H]2C[C@@H]2C1)C(C)(C)C)C(=O)OC. The molecule has 8 heterocycles. The van der Waals surface area contributed by atoms with E-state index in [4.69, 9.17) is 76.3 Å². The van der Waals surface area contributed by atoms with E-state index in [2.05, 4.69) is 45.1 Å². The molecule has 16 atom stereocenters. The number of carbonyl (C=O) groups excluding carboxylic acids is 7. The van der Waals surface area contributed by atoms with Gasteiger partial charge in [0.25, 0.3) is 0 Å². The number of rotatable bonds is 34. The molecular formula is C95H122Cl2F6N16O16S2. The van der Waals surface area contributed by atoms with Gasteiger partial charge < -0.3 is 80.0 Å². The number of benzene rings is 2. The lowest BCUT2D eigenvalue weighted by Gasteiger charge is -2.35. The van der Waals surface area contributed by atoms with Crippen LogP contribution in [0.5, 0.6) is 23.0 Å². The van der Waals surface area contributed by atoms with Gasteiger partial charge in [0.15, 0.2) is 10.3 Å². The molecule has 0 radical (unpaired) electrons. The normalized spacial score (nSPS) is 26.4. The first-order chi connectivity index (χ1) is 64.7. The van der Waals surface area contributed by atoms with Crippen LogP contribution >= 0.6 is 45.9 Å². The molecule has 10 aliphatic rings. The Bertz CT molecular complexity index is 5470. The number of hydrogen-bond donors (Lipinski definition) is 7. The lowest BCUT2D eigenvalue weighted by Crippen LogP contribution is -2.59. The van der Waals surface area contributed by atoms with Crippen LogP contribution < -0.4 is 50.8 Å². The number of amides is 6. The summed E-state index contributed by atoms with van der Waals surface area (Å²) in [6, 6.07) is 6.00. The molecule has 16 rings (SSSR count). The summed E-state index contributed by atoms with van der Waals surface area (Å²) in [5, 5.41) is 34.5. The number of piperazine rings is 2. The predicted molar refractivity (Wildman–Crippen MR) is 504 cm³/mol. The molecule has 6 amide bonds. The van der Waals surface area contributed by atoms with Crippen LogP contribution in [-0.4, -0.2) is 298 Å². The summed E-state index contributed by atoms with van der Waals surface area (Å²) in [4.78, 5) is 140. The molecule has 6 aliphatic carbocycles. The predicted octanol–water partition coefficient (Wildman–Crippen LogP) is 13.7. The Balaban J connectivity index is 0.000000208. The molecule has 746 valence electrons. The number of aromatic nitrogens is 4. The Morgan fingerprint density at radius 2 is 0.891 bits per heavy atom. The summed E-state index contributed by atoms with van der Waals surface area (Å²) in [5.41, 5.74) is -1.99. The number of halogens is 8. The molecule has 0 bridgehead atoms. The number of thiazole rings is 2. The molecule has 4 aromatic heterocycles. The van der Waals surface area contributed by atoms with Crippen molar-refractivity contribution in [2.45, 2.75) is 218 Å². The van der Waals surface area contributed by atoms with E-state index in [0.717, 1.165) is 38.5 Å². The monoisotopic (exact) mass is 1990 g/mol. The molecule has 6 aromatic rings. The van der Waals surface area contributed by atoms with Gasteiger partial charge in [-0.3, -0.25) is 38.8 Å². The third-order valence-electron chi connectivity index (χ3n) is 27.3. The fourth-order valence-corrected chi connectivity index (χ4v) is 21.8. The second-order valence-corrected chi connectivity index (χ2v) is 43.0. The van der Waals surface area contributed by atoms with Crippen molar-refractivity contribution in [2.24, 2.45) is 46.3 Å². The lowest BCUT2D eigenvalue weighted by molar-refractivity contribution is -0.150. The molecule has 6 saturated carbocycles. The third kappa shape index (κ3) is 24.4. The fourth-order valence-electron chi connectivity index (χ4n) is 19.6. The highest BCUT2D eigenvalue weighted by Crippen LogP contribution is 2.55. The summed E-state index contributed by atoms with van der Waals surface area (Å²) in [5.74, 6) is -1.46. The molecule has 0 spiro atoms. The molecule has 4 aliphatic heterocycles. The first kappa shape index (κ1) is 102. The zero-order chi connectivity index (χ0) is 98.4. The van der Waals surface area contributed by atoms with Crippen molar-refractivity contribution in [2.75, 3.05) is 123 Å². The van der Waals surface area contributed by atoms with Gasteiger partial charge in [0, 0.05) is 136 Å². The first-order valence-corrected chi connectivity index (χ1v) is 49.4. The van der Waals surface area contributed by atoms with Crippen LogP contribution in [0.15, 0.2) is 72.5 Å². The maximum Gasteiger partial charge on any atom is 0.408 e. The minimum Gasteiger partial charge on any atom is -0.491 e. The number of alkyl halides is 6. The highest BCUT2D eigenvalue weighted by Gasteiger charge is 2.64. The van der Waals surface area contributed by atoms with Crippen LogP contribution in [0.4, 0.5) is 46.2 Å². The number of alkyl carbamates (subject to hydrolysis) is 2. The smallest absolute Gasteiger partial charge is 0.408 e. The number of carbonyl (C=O) groups is 8. The number of ether oxygens (including phenoxy) is 7.